The second-order valence-electron chi connectivity index (χ2n) is 5.40. The summed E-state index contributed by atoms with van der Waals surface area (Å²) >= 11 is 0. The van der Waals surface area contributed by atoms with E-state index in [1.165, 1.54) is 0 Å². The maximum Gasteiger partial charge on any atom is 0.263 e. The van der Waals surface area contributed by atoms with Crippen LogP contribution in [0.2, 0.25) is 0 Å². The van der Waals surface area contributed by atoms with Gasteiger partial charge in [0.1, 0.15) is 4.90 Å². The Kier molecular flexibility index (Phi) is 3.96. The van der Waals surface area contributed by atoms with Gasteiger partial charge in [0.05, 0.1) is 11.4 Å². The standard InChI is InChI=1S/C16H20N2O2S/c1-10-5-6-11(2)15(7-10)18-21(19,20)16-9-13(4)12(3)8-14(16)17/h5-9,18H,17H2,1-4H3. The highest BCUT2D eigenvalue weighted by Gasteiger charge is 2.19. The Bertz CT molecular complexity index is 796. The minimum Gasteiger partial charge on any atom is -0.398 e. The van der Waals surface area contributed by atoms with E-state index in [1.54, 1.807) is 12.1 Å². The number of hydrogen-bond donors (Lipinski definition) is 2. The SMILES string of the molecule is Cc1ccc(C)c(NS(=O)(=O)c2cc(C)c(C)cc2N)c1. The minimum atomic E-state index is -3.70. The molecule has 2 aromatic rings. The summed E-state index contributed by atoms with van der Waals surface area (Å²) in [7, 11) is -3.70. The third kappa shape index (κ3) is 3.19. The summed E-state index contributed by atoms with van der Waals surface area (Å²) in [6, 6.07) is 8.93. The molecule has 2 rings (SSSR count). The molecule has 0 spiro atoms. The van der Waals surface area contributed by atoms with Gasteiger partial charge in [0.15, 0.2) is 0 Å². The number of hydrogen-bond acceptors (Lipinski definition) is 3. The van der Waals surface area contributed by atoms with E-state index in [1.807, 2.05) is 45.9 Å². The zero-order chi connectivity index (χ0) is 15.8. The van der Waals surface area contributed by atoms with Crippen LogP contribution in [-0.4, -0.2) is 8.42 Å². The second kappa shape index (κ2) is 5.41. The van der Waals surface area contributed by atoms with E-state index in [4.69, 9.17) is 5.73 Å². The zero-order valence-electron chi connectivity index (χ0n) is 12.7. The molecule has 21 heavy (non-hydrogen) atoms. The van der Waals surface area contributed by atoms with Gasteiger partial charge in [-0.1, -0.05) is 12.1 Å². The first kappa shape index (κ1) is 15.4. The molecule has 2 aromatic carbocycles. The lowest BCUT2D eigenvalue weighted by Gasteiger charge is -2.14. The first-order valence-electron chi connectivity index (χ1n) is 6.67. The molecule has 0 heterocycles. The number of nitrogen functional groups attached to an aromatic ring is 1. The highest BCUT2D eigenvalue weighted by atomic mass is 32.2. The maximum absolute atomic E-state index is 12.6. The van der Waals surface area contributed by atoms with Crippen molar-refractivity contribution in [2.45, 2.75) is 32.6 Å². The van der Waals surface area contributed by atoms with E-state index in [0.29, 0.717) is 5.69 Å². The normalized spacial score (nSPS) is 11.4. The Labute approximate surface area is 126 Å². The van der Waals surface area contributed by atoms with Crippen molar-refractivity contribution in [3.63, 3.8) is 0 Å². The molecule has 0 fully saturated rings. The second-order valence-corrected chi connectivity index (χ2v) is 7.05. The summed E-state index contributed by atoms with van der Waals surface area (Å²) in [5, 5.41) is 0. The summed E-state index contributed by atoms with van der Waals surface area (Å²) in [6.07, 6.45) is 0. The topological polar surface area (TPSA) is 72.2 Å². The molecule has 0 unspecified atom stereocenters. The number of anilines is 2. The summed E-state index contributed by atoms with van der Waals surface area (Å²) < 4.78 is 27.7. The largest absolute Gasteiger partial charge is 0.398 e. The van der Waals surface area contributed by atoms with Gasteiger partial charge in [0, 0.05) is 0 Å². The first-order chi connectivity index (χ1) is 9.70. The van der Waals surface area contributed by atoms with Crippen molar-refractivity contribution in [1.29, 1.82) is 0 Å². The minimum absolute atomic E-state index is 0.117. The molecule has 0 aliphatic rings. The number of nitrogens with two attached hydrogens (primary N) is 1. The van der Waals surface area contributed by atoms with Gasteiger partial charge in [-0.3, -0.25) is 4.72 Å². The molecular weight excluding hydrogens is 284 g/mol. The van der Waals surface area contributed by atoms with Gasteiger partial charge >= 0.3 is 0 Å². The van der Waals surface area contributed by atoms with Gasteiger partial charge < -0.3 is 5.73 Å². The summed E-state index contributed by atoms with van der Waals surface area (Å²) in [6.45, 7) is 7.55. The summed E-state index contributed by atoms with van der Waals surface area (Å²) in [5.74, 6) is 0. The number of aryl methyl sites for hydroxylation is 4. The van der Waals surface area contributed by atoms with Crippen molar-refractivity contribution >= 4 is 21.4 Å². The van der Waals surface area contributed by atoms with Crippen LogP contribution < -0.4 is 10.5 Å². The van der Waals surface area contributed by atoms with Crippen molar-refractivity contribution in [2.24, 2.45) is 0 Å². The van der Waals surface area contributed by atoms with Crippen LogP contribution in [0.25, 0.3) is 0 Å². The molecule has 0 aliphatic carbocycles. The molecule has 0 aromatic heterocycles. The fourth-order valence-corrected chi connectivity index (χ4v) is 3.41. The van der Waals surface area contributed by atoms with Gasteiger partial charge in [-0.25, -0.2) is 8.42 Å². The lowest BCUT2D eigenvalue weighted by Crippen LogP contribution is -2.16. The average molecular weight is 304 g/mol. The highest BCUT2D eigenvalue weighted by molar-refractivity contribution is 7.92. The molecule has 0 bridgehead atoms. The number of sulfonamides is 1. The van der Waals surface area contributed by atoms with Crippen molar-refractivity contribution in [3.8, 4) is 0 Å². The van der Waals surface area contributed by atoms with Gasteiger partial charge in [0.25, 0.3) is 10.0 Å². The maximum atomic E-state index is 12.6. The summed E-state index contributed by atoms with van der Waals surface area (Å²) in [4.78, 5) is 0.117. The molecule has 0 aliphatic heterocycles. The predicted octanol–water partition coefficient (Wildman–Crippen LogP) is 3.30. The quantitative estimate of drug-likeness (QED) is 0.855. The van der Waals surface area contributed by atoms with Crippen LogP contribution in [0.15, 0.2) is 35.2 Å². The van der Waals surface area contributed by atoms with Gasteiger partial charge in [-0.2, -0.15) is 0 Å². The third-order valence-corrected chi connectivity index (χ3v) is 4.97. The van der Waals surface area contributed by atoms with E-state index >= 15 is 0 Å². The first-order valence-corrected chi connectivity index (χ1v) is 8.16. The average Bonchev–Trinajstić information content (AvgIpc) is 2.37. The van der Waals surface area contributed by atoms with Crippen LogP contribution >= 0.6 is 0 Å². The molecule has 0 amide bonds. The van der Waals surface area contributed by atoms with Gasteiger partial charge in [-0.05, 0) is 68.1 Å². The Morgan fingerprint density at radius 3 is 2.19 bits per heavy atom. The smallest absolute Gasteiger partial charge is 0.263 e. The zero-order valence-corrected chi connectivity index (χ0v) is 13.5. The Morgan fingerprint density at radius 1 is 0.905 bits per heavy atom. The van der Waals surface area contributed by atoms with Crippen LogP contribution in [0.4, 0.5) is 11.4 Å². The fraction of sp³-hybridized carbons (Fsp3) is 0.250. The number of rotatable bonds is 3. The van der Waals surface area contributed by atoms with Crippen LogP contribution in [0, 0.1) is 27.7 Å². The molecular formula is C16H20N2O2S. The lowest BCUT2D eigenvalue weighted by molar-refractivity contribution is 0.601. The molecule has 0 saturated carbocycles. The van der Waals surface area contributed by atoms with E-state index in [9.17, 15) is 8.42 Å². The molecule has 0 atom stereocenters. The Hall–Kier alpha value is -2.01. The van der Waals surface area contributed by atoms with E-state index in [-0.39, 0.29) is 10.6 Å². The Balaban J connectivity index is 2.48. The van der Waals surface area contributed by atoms with Crippen LogP contribution in [-0.2, 0) is 10.0 Å². The highest BCUT2D eigenvalue weighted by Crippen LogP contribution is 2.26. The molecule has 4 nitrogen and oxygen atoms in total. The van der Waals surface area contributed by atoms with Gasteiger partial charge in [-0.15, -0.1) is 0 Å². The van der Waals surface area contributed by atoms with Crippen molar-refractivity contribution in [1.82, 2.24) is 0 Å². The predicted molar refractivity (Wildman–Crippen MR) is 87.1 cm³/mol. The van der Waals surface area contributed by atoms with E-state index in [2.05, 4.69) is 4.72 Å². The Morgan fingerprint density at radius 2 is 1.52 bits per heavy atom. The monoisotopic (exact) mass is 304 g/mol. The number of nitrogens with one attached hydrogen (secondary N) is 1. The fourth-order valence-electron chi connectivity index (χ4n) is 2.09. The molecule has 0 radical (unpaired) electrons. The van der Waals surface area contributed by atoms with Crippen molar-refractivity contribution in [3.05, 3.63) is 52.6 Å². The number of benzene rings is 2. The lowest BCUT2D eigenvalue weighted by atomic mass is 10.1. The van der Waals surface area contributed by atoms with Crippen LogP contribution in [0.5, 0.6) is 0 Å². The van der Waals surface area contributed by atoms with Crippen LogP contribution in [0.3, 0.4) is 0 Å². The molecule has 0 saturated heterocycles. The summed E-state index contributed by atoms with van der Waals surface area (Å²) in [5.41, 5.74) is 10.4. The van der Waals surface area contributed by atoms with Crippen LogP contribution in [0.1, 0.15) is 22.3 Å². The molecule has 5 heteroatoms. The van der Waals surface area contributed by atoms with E-state index in [0.717, 1.165) is 22.3 Å². The van der Waals surface area contributed by atoms with Crippen molar-refractivity contribution in [2.75, 3.05) is 10.5 Å². The molecule has 112 valence electrons. The molecule has 3 N–H and O–H groups in total. The van der Waals surface area contributed by atoms with E-state index < -0.39 is 10.0 Å². The van der Waals surface area contributed by atoms with Crippen molar-refractivity contribution < 1.29 is 8.42 Å². The third-order valence-electron chi connectivity index (χ3n) is 3.55. The van der Waals surface area contributed by atoms with Gasteiger partial charge in [0.2, 0.25) is 0 Å².